The molecule has 3 rings (SSSR count). The molecule has 3 aromatic carbocycles. The Kier molecular flexibility index (Phi) is 11.1. The van der Waals surface area contributed by atoms with Gasteiger partial charge >= 0.3 is 11.9 Å². The summed E-state index contributed by atoms with van der Waals surface area (Å²) in [7, 11) is 4.06. The summed E-state index contributed by atoms with van der Waals surface area (Å²) >= 11 is 0. The van der Waals surface area contributed by atoms with E-state index in [-0.39, 0.29) is 11.5 Å². The first-order valence-corrected chi connectivity index (χ1v) is 11.3. The van der Waals surface area contributed by atoms with Crippen LogP contribution in [0.15, 0.2) is 78.9 Å². The van der Waals surface area contributed by atoms with Crippen LogP contribution in [-0.2, 0) is 9.53 Å². The highest BCUT2D eigenvalue weighted by Gasteiger charge is 2.22. The molecule has 35 heavy (non-hydrogen) atoms. The van der Waals surface area contributed by atoms with E-state index in [1.54, 1.807) is 0 Å². The third-order valence-corrected chi connectivity index (χ3v) is 4.81. The standard InChI is InChI=1S/C20H26N2O3.C7H6O3/c1-4-24-18-12-10-17(11-13-18)21-19(16-8-6-5-7-9-16)20(23)25-15-14-22(2)3;8-6-4-2-1-3-5(6)7(9)10/h5-13,19,21H,4,14-15H2,1-3H3;1-4,8H,(H,9,10). The van der Waals surface area contributed by atoms with Gasteiger partial charge in [-0.3, -0.25) is 0 Å². The van der Waals surface area contributed by atoms with E-state index in [1.165, 1.54) is 29.2 Å². The maximum Gasteiger partial charge on any atom is 0.335 e. The Morgan fingerprint density at radius 2 is 1.60 bits per heavy atom. The summed E-state index contributed by atoms with van der Waals surface area (Å²) in [6.45, 7) is 3.74. The Bertz CT molecular complexity index is 1050. The molecule has 0 spiro atoms. The van der Waals surface area contributed by atoms with E-state index in [0.717, 1.165) is 23.5 Å². The number of hydrogen-bond donors (Lipinski definition) is 3. The minimum Gasteiger partial charge on any atom is -0.872 e. The van der Waals surface area contributed by atoms with E-state index in [4.69, 9.17) is 14.6 Å². The highest BCUT2D eigenvalue weighted by atomic mass is 16.5. The quantitative estimate of drug-likeness (QED) is 0.382. The summed E-state index contributed by atoms with van der Waals surface area (Å²) in [6.07, 6.45) is 0. The molecule has 0 radical (unpaired) electrons. The highest BCUT2D eigenvalue weighted by Crippen LogP contribution is 2.23. The van der Waals surface area contributed by atoms with Gasteiger partial charge in [0.2, 0.25) is 0 Å². The average molecular weight is 481 g/mol. The summed E-state index contributed by atoms with van der Waals surface area (Å²) in [6, 6.07) is 22.2. The second kappa shape index (κ2) is 14.3. The summed E-state index contributed by atoms with van der Waals surface area (Å²) in [5, 5.41) is 22.3. The van der Waals surface area contributed by atoms with Gasteiger partial charge in [-0.1, -0.05) is 54.3 Å². The van der Waals surface area contributed by atoms with Crippen molar-refractivity contribution in [3.63, 3.8) is 0 Å². The smallest absolute Gasteiger partial charge is 0.335 e. The molecule has 8 heteroatoms. The number of carbonyl (C=O) groups excluding carboxylic acids is 1. The molecule has 0 aliphatic carbocycles. The number of carbonyl (C=O) groups is 2. The van der Waals surface area contributed by atoms with Gasteiger partial charge in [-0.25, -0.2) is 9.59 Å². The fourth-order valence-electron chi connectivity index (χ4n) is 2.99. The minimum absolute atomic E-state index is 0.178. The van der Waals surface area contributed by atoms with Gasteiger partial charge in [0.25, 0.3) is 0 Å². The number of ether oxygens (including phenoxy) is 2. The van der Waals surface area contributed by atoms with Crippen LogP contribution in [0.2, 0.25) is 0 Å². The number of nitrogens with one attached hydrogen (secondary N) is 2. The summed E-state index contributed by atoms with van der Waals surface area (Å²) in [4.78, 5) is 24.0. The van der Waals surface area contributed by atoms with Crippen LogP contribution in [0, 0.1) is 0 Å². The van der Waals surface area contributed by atoms with Gasteiger partial charge in [0.15, 0.2) is 6.04 Å². The zero-order chi connectivity index (χ0) is 25.6. The Morgan fingerprint density at radius 3 is 2.14 bits per heavy atom. The first-order valence-electron chi connectivity index (χ1n) is 11.3. The molecule has 0 saturated heterocycles. The van der Waals surface area contributed by atoms with Gasteiger partial charge in [0.05, 0.1) is 26.3 Å². The van der Waals surface area contributed by atoms with Gasteiger partial charge in [-0.2, -0.15) is 0 Å². The van der Waals surface area contributed by atoms with Crippen LogP contribution in [0.3, 0.4) is 0 Å². The van der Waals surface area contributed by atoms with Crippen LogP contribution in [0.1, 0.15) is 28.9 Å². The number of carboxylic acid groups (broad SMARTS) is 1. The van der Waals surface area contributed by atoms with Gasteiger partial charge in [-0.15, -0.1) is 0 Å². The van der Waals surface area contributed by atoms with Crippen molar-refractivity contribution in [2.24, 2.45) is 0 Å². The van der Waals surface area contributed by atoms with Crippen LogP contribution in [0.4, 0.5) is 5.69 Å². The molecule has 0 heterocycles. The van der Waals surface area contributed by atoms with Crippen LogP contribution >= 0.6 is 0 Å². The Hall–Kier alpha value is -4.04. The van der Waals surface area contributed by atoms with Crippen molar-refractivity contribution < 1.29 is 34.2 Å². The number of aromatic carboxylic acids is 1. The summed E-state index contributed by atoms with van der Waals surface area (Å²) in [5.41, 5.74) is 1.54. The van der Waals surface area contributed by atoms with Crippen molar-refractivity contribution in [1.82, 2.24) is 0 Å². The van der Waals surface area contributed by atoms with Crippen LogP contribution in [0.5, 0.6) is 11.5 Å². The number of hydrogen-bond acceptors (Lipinski definition) is 6. The monoisotopic (exact) mass is 480 g/mol. The molecule has 0 bridgehead atoms. The van der Waals surface area contributed by atoms with E-state index in [9.17, 15) is 14.7 Å². The third-order valence-electron chi connectivity index (χ3n) is 4.81. The van der Waals surface area contributed by atoms with Crippen molar-refractivity contribution in [3.8, 4) is 11.5 Å². The molecule has 0 saturated carbocycles. The second-order valence-corrected chi connectivity index (χ2v) is 7.87. The van der Waals surface area contributed by atoms with Crippen molar-refractivity contribution in [2.75, 3.05) is 39.2 Å². The predicted octanol–water partition coefficient (Wildman–Crippen LogP) is 2.38. The topological polar surface area (TPSA) is 112 Å². The number of benzene rings is 3. The lowest BCUT2D eigenvalue weighted by Gasteiger charge is -2.19. The fourth-order valence-corrected chi connectivity index (χ4v) is 2.99. The van der Waals surface area contributed by atoms with Crippen LogP contribution in [0.25, 0.3) is 0 Å². The maximum absolute atomic E-state index is 12.6. The maximum atomic E-state index is 12.6. The zero-order valence-corrected chi connectivity index (χ0v) is 20.2. The lowest BCUT2D eigenvalue weighted by atomic mass is 10.1. The number of likely N-dealkylation sites (N-methyl/N-ethyl adjacent to an activating group) is 1. The molecule has 1 unspecified atom stereocenters. The number of para-hydroxylation sites is 1. The lowest BCUT2D eigenvalue weighted by molar-refractivity contribution is -0.858. The van der Waals surface area contributed by atoms with Crippen molar-refractivity contribution in [3.05, 3.63) is 90.0 Å². The molecule has 0 amide bonds. The zero-order valence-electron chi connectivity index (χ0n) is 20.2. The SMILES string of the molecule is CCOc1ccc(NC(C(=O)OCC[NH+](C)C)c2ccccc2)cc1.O=C(O)c1ccccc1[O-]. The number of carboxylic acids is 1. The Labute approximate surface area is 205 Å². The molecular formula is C27H32N2O6. The third kappa shape index (κ3) is 9.38. The molecule has 0 aliphatic heterocycles. The Balaban J connectivity index is 0.000000360. The van der Waals surface area contributed by atoms with Crippen LogP contribution in [-0.4, -0.2) is 50.9 Å². The van der Waals surface area contributed by atoms with Crippen molar-refractivity contribution in [2.45, 2.75) is 13.0 Å². The number of esters is 1. The van der Waals surface area contributed by atoms with E-state index >= 15 is 0 Å². The van der Waals surface area contributed by atoms with Gasteiger partial charge in [-0.05, 0) is 42.8 Å². The minimum atomic E-state index is -1.18. The van der Waals surface area contributed by atoms with Gasteiger partial charge < -0.3 is 29.9 Å². The number of anilines is 1. The summed E-state index contributed by atoms with van der Waals surface area (Å²) in [5.74, 6) is -1.09. The van der Waals surface area contributed by atoms with E-state index in [1.807, 2.05) is 75.6 Å². The van der Waals surface area contributed by atoms with E-state index in [2.05, 4.69) is 5.32 Å². The molecule has 3 N–H and O–H groups in total. The lowest BCUT2D eigenvalue weighted by Crippen LogP contribution is -3.06. The first-order chi connectivity index (χ1) is 16.8. The second-order valence-electron chi connectivity index (χ2n) is 7.87. The van der Waals surface area contributed by atoms with E-state index in [0.29, 0.717) is 13.2 Å². The highest BCUT2D eigenvalue weighted by molar-refractivity contribution is 5.90. The Morgan fingerprint density at radius 1 is 0.971 bits per heavy atom. The van der Waals surface area contributed by atoms with Crippen LogP contribution < -0.4 is 20.1 Å². The normalized spacial score (nSPS) is 11.1. The molecular weight excluding hydrogens is 448 g/mol. The number of quaternary nitrogens is 1. The largest absolute Gasteiger partial charge is 0.872 e. The molecule has 3 aromatic rings. The fraction of sp³-hybridized carbons (Fsp3) is 0.259. The van der Waals surface area contributed by atoms with Crippen molar-refractivity contribution >= 4 is 17.6 Å². The van der Waals surface area contributed by atoms with Crippen molar-refractivity contribution in [1.29, 1.82) is 0 Å². The molecule has 186 valence electrons. The summed E-state index contributed by atoms with van der Waals surface area (Å²) < 4.78 is 10.9. The average Bonchev–Trinajstić information content (AvgIpc) is 2.84. The van der Waals surface area contributed by atoms with Gasteiger partial charge in [0.1, 0.15) is 18.9 Å². The molecule has 0 fully saturated rings. The molecule has 0 aromatic heterocycles. The first kappa shape index (κ1) is 27.2. The molecule has 1 atom stereocenters. The van der Waals surface area contributed by atoms with E-state index < -0.39 is 17.8 Å². The molecule has 8 nitrogen and oxygen atoms in total. The number of rotatable bonds is 10. The van der Waals surface area contributed by atoms with Gasteiger partial charge in [0, 0.05) is 5.69 Å². The predicted molar refractivity (Wildman–Crippen MR) is 132 cm³/mol. The molecule has 0 aliphatic rings.